The highest BCUT2D eigenvalue weighted by Gasteiger charge is 2.18. The van der Waals surface area contributed by atoms with Crippen molar-refractivity contribution in [3.63, 3.8) is 0 Å². The van der Waals surface area contributed by atoms with Crippen molar-refractivity contribution in [3.05, 3.63) is 29.8 Å². The summed E-state index contributed by atoms with van der Waals surface area (Å²) in [6, 6.07) is 7.83. The van der Waals surface area contributed by atoms with E-state index < -0.39 is 0 Å². The predicted molar refractivity (Wildman–Crippen MR) is 65.3 cm³/mol. The number of hydrogen-bond acceptors (Lipinski definition) is 3. The van der Waals surface area contributed by atoms with Crippen LogP contribution in [0.25, 0.3) is 0 Å². The molecule has 0 spiro atoms. The molecule has 1 fully saturated rings. The van der Waals surface area contributed by atoms with Crippen LogP contribution in [-0.4, -0.2) is 12.6 Å². The van der Waals surface area contributed by atoms with Crippen molar-refractivity contribution in [2.24, 2.45) is 11.5 Å². The van der Waals surface area contributed by atoms with Crippen molar-refractivity contribution in [1.29, 1.82) is 0 Å². The fraction of sp³-hybridized carbons (Fsp3) is 0.538. The van der Waals surface area contributed by atoms with E-state index in [2.05, 4.69) is 0 Å². The number of benzene rings is 1. The van der Waals surface area contributed by atoms with E-state index in [1.54, 1.807) is 0 Å². The summed E-state index contributed by atoms with van der Waals surface area (Å²) >= 11 is 0. The van der Waals surface area contributed by atoms with Gasteiger partial charge >= 0.3 is 0 Å². The van der Waals surface area contributed by atoms with Gasteiger partial charge in [-0.3, -0.25) is 0 Å². The lowest BCUT2D eigenvalue weighted by molar-refractivity contribution is 0.207. The van der Waals surface area contributed by atoms with Crippen molar-refractivity contribution in [2.75, 3.05) is 6.54 Å². The standard InChI is InChI=1S/C13H20N2O/c14-9-12(15)11-7-3-4-8-13(11)16-10-5-1-2-6-10/h3-4,7-8,10,12H,1-2,5-6,9,14-15H2/t12-/m0/s1. The molecule has 1 saturated carbocycles. The van der Waals surface area contributed by atoms with E-state index in [0.717, 1.165) is 24.2 Å². The number of rotatable bonds is 4. The van der Waals surface area contributed by atoms with Gasteiger partial charge in [0, 0.05) is 18.2 Å². The van der Waals surface area contributed by atoms with E-state index in [0.29, 0.717) is 12.6 Å². The number of nitrogens with two attached hydrogens (primary N) is 2. The maximum atomic E-state index is 5.99. The Morgan fingerprint density at radius 2 is 1.94 bits per heavy atom. The van der Waals surface area contributed by atoms with Crippen molar-refractivity contribution in [2.45, 2.75) is 37.8 Å². The molecule has 4 N–H and O–H groups in total. The largest absolute Gasteiger partial charge is 0.490 e. The second-order valence-electron chi connectivity index (χ2n) is 4.40. The molecule has 0 aromatic heterocycles. The number of hydrogen-bond donors (Lipinski definition) is 2. The van der Waals surface area contributed by atoms with Gasteiger partial charge in [0.25, 0.3) is 0 Å². The van der Waals surface area contributed by atoms with E-state index in [9.17, 15) is 0 Å². The fourth-order valence-corrected chi connectivity index (χ4v) is 2.21. The van der Waals surface area contributed by atoms with Crippen molar-refractivity contribution < 1.29 is 4.74 Å². The molecule has 0 amide bonds. The van der Waals surface area contributed by atoms with Crippen molar-refractivity contribution in [1.82, 2.24) is 0 Å². The molecule has 1 atom stereocenters. The monoisotopic (exact) mass is 220 g/mol. The summed E-state index contributed by atoms with van der Waals surface area (Å²) < 4.78 is 5.99. The van der Waals surface area contributed by atoms with Crippen LogP contribution in [0, 0.1) is 0 Å². The van der Waals surface area contributed by atoms with Crippen LogP contribution < -0.4 is 16.2 Å². The van der Waals surface area contributed by atoms with Crippen LogP contribution in [0.15, 0.2) is 24.3 Å². The van der Waals surface area contributed by atoms with Crippen LogP contribution >= 0.6 is 0 Å². The second-order valence-corrected chi connectivity index (χ2v) is 4.40. The zero-order valence-corrected chi connectivity index (χ0v) is 9.56. The van der Waals surface area contributed by atoms with Crippen molar-refractivity contribution >= 4 is 0 Å². The van der Waals surface area contributed by atoms with Gasteiger partial charge in [-0.05, 0) is 31.7 Å². The Bertz CT molecular complexity index is 334. The van der Waals surface area contributed by atoms with Gasteiger partial charge in [0.05, 0.1) is 6.10 Å². The Labute approximate surface area is 96.8 Å². The van der Waals surface area contributed by atoms with Gasteiger partial charge in [-0.25, -0.2) is 0 Å². The van der Waals surface area contributed by atoms with Gasteiger partial charge in [0.2, 0.25) is 0 Å². The van der Waals surface area contributed by atoms with Gasteiger partial charge in [0.1, 0.15) is 5.75 Å². The molecule has 3 heteroatoms. The minimum Gasteiger partial charge on any atom is -0.490 e. The molecular formula is C13H20N2O. The predicted octanol–water partition coefficient (Wildman–Crippen LogP) is 1.97. The molecule has 1 aromatic rings. The molecule has 1 aliphatic carbocycles. The SMILES string of the molecule is NC[C@H](N)c1ccccc1OC1CCCC1. The Balaban J connectivity index is 2.12. The van der Waals surface area contributed by atoms with E-state index >= 15 is 0 Å². The molecule has 0 radical (unpaired) electrons. The summed E-state index contributed by atoms with van der Waals surface area (Å²) in [6.07, 6.45) is 5.23. The highest BCUT2D eigenvalue weighted by molar-refractivity contribution is 5.36. The van der Waals surface area contributed by atoms with E-state index in [4.69, 9.17) is 16.2 Å². The van der Waals surface area contributed by atoms with Crippen molar-refractivity contribution in [3.8, 4) is 5.75 Å². The molecule has 0 heterocycles. The maximum absolute atomic E-state index is 5.99. The molecule has 2 rings (SSSR count). The van der Waals surface area contributed by atoms with Crippen LogP contribution in [0.2, 0.25) is 0 Å². The second kappa shape index (κ2) is 5.32. The molecular weight excluding hydrogens is 200 g/mol. The number of ether oxygens (including phenoxy) is 1. The lowest BCUT2D eigenvalue weighted by Gasteiger charge is -2.19. The van der Waals surface area contributed by atoms with Gasteiger partial charge in [-0.15, -0.1) is 0 Å². The Morgan fingerprint density at radius 3 is 2.62 bits per heavy atom. The summed E-state index contributed by atoms with van der Waals surface area (Å²) in [6.45, 7) is 0.449. The average Bonchev–Trinajstić information content (AvgIpc) is 2.82. The minimum absolute atomic E-state index is 0.127. The molecule has 88 valence electrons. The quantitative estimate of drug-likeness (QED) is 0.815. The van der Waals surface area contributed by atoms with Gasteiger partial charge in [-0.2, -0.15) is 0 Å². The molecule has 3 nitrogen and oxygen atoms in total. The smallest absolute Gasteiger partial charge is 0.124 e. The molecule has 1 aromatic carbocycles. The van der Waals surface area contributed by atoms with Gasteiger partial charge in [-0.1, -0.05) is 18.2 Å². The van der Waals surface area contributed by atoms with E-state index in [1.807, 2.05) is 24.3 Å². The normalized spacial score (nSPS) is 18.6. The van der Waals surface area contributed by atoms with Crippen LogP contribution in [0.4, 0.5) is 0 Å². The molecule has 0 aliphatic heterocycles. The highest BCUT2D eigenvalue weighted by atomic mass is 16.5. The van der Waals surface area contributed by atoms with E-state index in [1.165, 1.54) is 12.8 Å². The lowest BCUT2D eigenvalue weighted by atomic mass is 10.1. The van der Waals surface area contributed by atoms with Gasteiger partial charge < -0.3 is 16.2 Å². The summed E-state index contributed by atoms with van der Waals surface area (Å²) in [5.74, 6) is 0.910. The Kier molecular flexibility index (Phi) is 3.80. The highest BCUT2D eigenvalue weighted by Crippen LogP contribution is 2.28. The Morgan fingerprint density at radius 1 is 1.25 bits per heavy atom. The maximum Gasteiger partial charge on any atom is 0.124 e. The van der Waals surface area contributed by atoms with Gasteiger partial charge in [0.15, 0.2) is 0 Å². The Hall–Kier alpha value is -1.06. The third-order valence-electron chi connectivity index (χ3n) is 3.17. The molecule has 0 unspecified atom stereocenters. The third-order valence-corrected chi connectivity index (χ3v) is 3.17. The van der Waals surface area contributed by atoms with Crippen LogP contribution in [0.1, 0.15) is 37.3 Å². The first kappa shape index (κ1) is 11.4. The molecule has 1 aliphatic rings. The first-order chi connectivity index (χ1) is 7.81. The third kappa shape index (κ3) is 2.54. The summed E-state index contributed by atoms with van der Waals surface area (Å²) in [5, 5.41) is 0. The lowest BCUT2D eigenvalue weighted by Crippen LogP contribution is -2.22. The molecule has 16 heavy (non-hydrogen) atoms. The fourth-order valence-electron chi connectivity index (χ4n) is 2.21. The average molecular weight is 220 g/mol. The zero-order chi connectivity index (χ0) is 11.4. The topological polar surface area (TPSA) is 61.3 Å². The van der Waals surface area contributed by atoms with Crippen LogP contribution in [-0.2, 0) is 0 Å². The first-order valence-electron chi connectivity index (χ1n) is 6.02. The summed E-state index contributed by atoms with van der Waals surface area (Å²) in [4.78, 5) is 0. The summed E-state index contributed by atoms with van der Waals surface area (Å²) in [5.41, 5.74) is 12.6. The van der Waals surface area contributed by atoms with E-state index in [-0.39, 0.29) is 6.04 Å². The zero-order valence-electron chi connectivity index (χ0n) is 9.56. The first-order valence-corrected chi connectivity index (χ1v) is 6.02. The van der Waals surface area contributed by atoms with Crippen LogP contribution in [0.3, 0.4) is 0 Å². The van der Waals surface area contributed by atoms with Crippen LogP contribution in [0.5, 0.6) is 5.75 Å². The molecule has 0 bridgehead atoms. The minimum atomic E-state index is -0.127. The summed E-state index contributed by atoms with van der Waals surface area (Å²) in [7, 11) is 0. The molecule has 0 saturated heterocycles. The number of para-hydroxylation sites is 1.